The summed E-state index contributed by atoms with van der Waals surface area (Å²) >= 11 is 9.47. The van der Waals surface area contributed by atoms with Crippen molar-refractivity contribution in [3.63, 3.8) is 0 Å². The van der Waals surface area contributed by atoms with Crippen LogP contribution in [0, 0.1) is 13.8 Å². The molecule has 1 heterocycles. The number of aryl methyl sites for hydroxylation is 2. The zero-order valence-corrected chi connectivity index (χ0v) is 14.8. The maximum absolute atomic E-state index is 12.3. The Kier molecular flexibility index (Phi) is 4.94. The largest absolute Gasteiger partial charge is 0.345 e. The number of thiophene rings is 1. The molecule has 0 fully saturated rings. The summed E-state index contributed by atoms with van der Waals surface area (Å²) in [6.07, 6.45) is 0. The number of halogens is 1. The molecule has 2 aromatic rings. The van der Waals surface area contributed by atoms with Gasteiger partial charge < -0.3 is 5.32 Å². The molecule has 20 heavy (non-hydrogen) atoms. The van der Waals surface area contributed by atoms with E-state index in [4.69, 9.17) is 0 Å². The summed E-state index contributed by atoms with van der Waals surface area (Å²) in [6, 6.07) is 7.57. The maximum Gasteiger partial charge on any atom is 0.252 e. The summed E-state index contributed by atoms with van der Waals surface area (Å²) in [5.74, 6) is -0.0988. The molecule has 106 valence electrons. The molecular weight excluding hydrogens is 354 g/mol. The molecule has 0 aliphatic rings. The number of amides is 1. The third kappa shape index (κ3) is 3.45. The van der Waals surface area contributed by atoms with Crippen LogP contribution in [0.3, 0.4) is 0 Å². The Hall–Kier alpha value is -0.780. The lowest BCUT2D eigenvalue weighted by molar-refractivity contribution is 0.0937. The first-order valence-electron chi connectivity index (χ1n) is 6.25. The number of nitrogens with one attached hydrogen (secondary N) is 1. The van der Waals surface area contributed by atoms with Crippen LogP contribution in [0.25, 0.3) is 0 Å². The van der Waals surface area contributed by atoms with E-state index in [0.29, 0.717) is 10.5 Å². The highest BCUT2D eigenvalue weighted by atomic mass is 79.9. The van der Waals surface area contributed by atoms with Crippen molar-refractivity contribution in [2.75, 3.05) is 0 Å². The Labute approximate surface area is 137 Å². The Morgan fingerprint density at radius 3 is 2.60 bits per heavy atom. The van der Waals surface area contributed by atoms with E-state index in [9.17, 15) is 4.79 Å². The molecule has 0 spiro atoms. The van der Waals surface area contributed by atoms with Crippen LogP contribution >= 0.6 is 39.9 Å². The van der Waals surface area contributed by atoms with Crippen LogP contribution in [0.5, 0.6) is 0 Å². The highest BCUT2D eigenvalue weighted by Gasteiger charge is 2.16. The minimum absolute atomic E-state index is 0.0103. The van der Waals surface area contributed by atoms with Crippen LogP contribution in [-0.2, 0) is 0 Å². The van der Waals surface area contributed by atoms with Crippen molar-refractivity contribution in [1.82, 2.24) is 5.32 Å². The Morgan fingerprint density at radius 2 is 2.05 bits per heavy atom. The molecule has 2 nitrogen and oxygen atoms in total. The number of benzene rings is 1. The molecule has 1 aromatic heterocycles. The Bertz CT molecular complexity index is 651. The van der Waals surface area contributed by atoms with Crippen LogP contribution in [0.15, 0.2) is 33.6 Å². The van der Waals surface area contributed by atoms with Gasteiger partial charge in [0.1, 0.15) is 0 Å². The molecule has 0 aliphatic carbocycles. The first kappa shape index (κ1) is 15.6. The predicted octanol–water partition coefficient (Wildman–Crippen LogP) is 4.91. The molecule has 1 N–H and O–H groups in total. The second-order valence-corrected chi connectivity index (χ2v) is 7.58. The van der Waals surface area contributed by atoms with Gasteiger partial charge in [-0.05, 0) is 50.6 Å². The monoisotopic (exact) mass is 369 g/mol. The predicted molar refractivity (Wildman–Crippen MR) is 91.1 cm³/mol. The molecule has 0 aliphatic heterocycles. The van der Waals surface area contributed by atoms with E-state index < -0.39 is 0 Å². The van der Waals surface area contributed by atoms with Gasteiger partial charge in [0.25, 0.3) is 5.91 Å². The molecule has 0 saturated heterocycles. The van der Waals surface area contributed by atoms with E-state index in [1.54, 1.807) is 17.4 Å². The highest BCUT2D eigenvalue weighted by molar-refractivity contribution is 9.10. The number of rotatable bonds is 3. The minimum Gasteiger partial charge on any atom is -0.345 e. The van der Waals surface area contributed by atoms with Crippen LogP contribution in [0.4, 0.5) is 0 Å². The molecule has 1 aromatic carbocycles. The number of carbonyl (C=O) groups excluding carboxylic acids is 1. The van der Waals surface area contributed by atoms with Gasteiger partial charge in [-0.1, -0.05) is 15.9 Å². The van der Waals surface area contributed by atoms with Crippen molar-refractivity contribution in [3.8, 4) is 0 Å². The fourth-order valence-electron chi connectivity index (χ4n) is 2.13. The first-order valence-corrected chi connectivity index (χ1v) is 8.30. The van der Waals surface area contributed by atoms with Gasteiger partial charge in [-0.15, -0.1) is 24.0 Å². The van der Waals surface area contributed by atoms with Gasteiger partial charge in [-0.3, -0.25) is 4.79 Å². The number of carbonyl (C=O) groups is 1. The van der Waals surface area contributed by atoms with Gasteiger partial charge in [0, 0.05) is 19.1 Å². The zero-order valence-electron chi connectivity index (χ0n) is 11.5. The van der Waals surface area contributed by atoms with E-state index >= 15 is 0 Å². The van der Waals surface area contributed by atoms with E-state index in [0.717, 1.165) is 4.47 Å². The van der Waals surface area contributed by atoms with Crippen molar-refractivity contribution < 1.29 is 4.79 Å². The van der Waals surface area contributed by atoms with Gasteiger partial charge in [-0.2, -0.15) is 0 Å². The van der Waals surface area contributed by atoms with Crippen molar-refractivity contribution in [3.05, 3.63) is 49.6 Å². The van der Waals surface area contributed by atoms with Crippen LogP contribution in [0.2, 0.25) is 0 Å². The average Bonchev–Trinajstić information content (AvgIpc) is 2.68. The molecule has 0 saturated carbocycles. The number of hydrogen-bond donors (Lipinski definition) is 2. The number of hydrogen-bond acceptors (Lipinski definition) is 3. The van der Waals surface area contributed by atoms with Gasteiger partial charge in [0.15, 0.2) is 0 Å². The quantitative estimate of drug-likeness (QED) is 0.739. The smallest absolute Gasteiger partial charge is 0.252 e. The minimum atomic E-state index is -0.0988. The third-order valence-electron chi connectivity index (χ3n) is 3.10. The topological polar surface area (TPSA) is 29.1 Å². The lowest BCUT2D eigenvalue weighted by Crippen LogP contribution is -2.27. The molecule has 1 amide bonds. The summed E-state index contributed by atoms with van der Waals surface area (Å²) in [4.78, 5) is 15.5. The second kappa shape index (κ2) is 6.33. The van der Waals surface area contributed by atoms with Crippen LogP contribution in [-0.4, -0.2) is 5.91 Å². The Morgan fingerprint density at radius 1 is 1.35 bits per heavy atom. The number of thiol groups is 1. The standard InChI is InChI=1S/C15H16BrNOS2/c1-8-6-13(10(3)20-8)9(2)17-15(18)12-5-4-11(16)7-14(12)19/h4-7,9,19H,1-3H3,(H,17,18). The zero-order chi connectivity index (χ0) is 14.9. The highest BCUT2D eigenvalue weighted by Crippen LogP contribution is 2.27. The van der Waals surface area contributed by atoms with Gasteiger partial charge >= 0.3 is 0 Å². The summed E-state index contributed by atoms with van der Waals surface area (Å²) in [5.41, 5.74) is 1.77. The van der Waals surface area contributed by atoms with E-state index in [1.165, 1.54) is 15.3 Å². The Balaban J connectivity index is 2.17. The maximum atomic E-state index is 12.3. The van der Waals surface area contributed by atoms with Gasteiger partial charge in [0.2, 0.25) is 0 Å². The molecular formula is C15H16BrNOS2. The van der Waals surface area contributed by atoms with Gasteiger partial charge in [0.05, 0.1) is 11.6 Å². The van der Waals surface area contributed by atoms with Crippen molar-refractivity contribution in [1.29, 1.82) is 0 Å². The molecule has 1 unspecified atom stereocenters. The van der Waals surface area contributed by atoms with E-state index in [1.807, 2.05) is 19.1 Å². The summed E-state index contributed by atoms with van der Waals surface area (Å²) in [7, 11) is 0. The lowest BCUT2D eigenvalue weighted by Gasteiger charge is -2.15. The normalized spacial score (nSPS) is 12.2. The van der Waals surface area contributed by atoms with Crippen molar-refractivity contribution >= 4 is 45.8 Å². The first-order chi connectivity index (χ1) is 9.38. The molecule has 5 heteroatoms. The van der Waals surface area contributed by atoms with Crippen molar-refractivity contribution in [2.45, 2.75) is 31.7 Å². The molecule has 1 atom stereocenters. The summed E-state index contributed by atoms with van der Waals surface area (Å²) in [5, 5.41) is 3.03. The SMILES string of the molecule is Cc1cc(C(C)NC(=O)c2ccc(Br)cc2S)c(C)s1. The van der Waals surface area contributed by atoms with Crippen LogP contribution < -0.4 is 5.32 Å². The molecule has 0 bridgehead atoms. The molecule has 2 rings (SSSR count). The van der Waals surface area contributed by atoms with E-state index in [-0.39, 0.29) is 11.9 Å². The van der Waals surface area contributed by atoms with E-state index in [2.05, 4.69) is 53.8 Å². The van der Waals surface area contributed by atoms with Crippen molar-refractivity contribution in [2.24, 2.45) is 0 Å². The second-order valence-electron chi connectivity index (χ2n) is 4.73. The van der Waals surface area contributed by atoms with Gasteiger partial charge in [-0.25, -0.2) is 0 Å². The third-order valence-corrected chi connectivity index (χ3v) is 4.94. The lowest BCUT2D eigenvalue weighted by atomic mass is 10.1. The fraction of sp³-hybridized carbons (Fsp3) is 0.267. The average molecular weight is 370 g/mol. The van der Waals surface area contributed by atoms with Crippen LogP contribution in [0.1, 0.15) is 38.6 Å². The summed E-state index contributed by atoms with van der Waals surface area (Å²) < 4.78 is 0.913. The summed E-state index contributed by atoms with van der Waals surface area (Å²) in [6.45, 7) is 6.17. The fourth-order valence-corrected chi connectivity index (χ4v) is 4.00. The molecule has 0 radical (unpaired) electrons.